The van der Waals surface area contributed by atoms with Crippen LogP contribution in [0.1, 0.15) is 24.5 Å². The van der Waals surface area contributed by atoms with Gasteiger partial charge in [-0.05, 0) is 37.1 Å². The lowest BCUT2D eigenvalue weighted by molar-refractivity contribution is 0.0493. The predicted octanol–water partition coefficient (Wildman–Crippen LogP) is 3.43. The van der Waals surface area contributed by atoms with Gasteiger partial charge < -0.3 is 9.84 Å². The maximum absolute atomic E-state index is 13.5. The fourth-order valence-electron chi connectivity index (χ4n) is 3.78. The first-order valence-corrected chi connectivity index (χ1v) is 9.82. The molecule has 0 aliphatic carbocycles. The summed E-state index contributed by atoms with van der Waals surface area (Å²) in [6.07, 6.45) is 0.672. The van der Waals surface area contributed by atoms with Crippen LogP contribution in [0.5, 0.6) is 5.75 Å². The minimum Gasteiger partial charge on any atom is -0.494 e. The van der Waals surface area contributed by atoms with Crippen molar-refractivity contribution in [3.05, 3.63) is 65.2 Å². The summed E-state index contributed by atoms with van der Waals surface area (Å²) in [6, 6.07) is 12.3. The molecule has 0 saturated carbocycles. The van der Waals surface area contributed by atoms with E-state index in [4.69, 9.17) is 4.74 Å². The van der Waals surface area contributed by atoms with Crippen molar-refractivity contribution in [2.75, 3.05) is 32.8 Å². The molecule has 6 heteroatoms. The van der Waals surface area contributed by atoms with Gasteiger partial charge in [0.15, 0.2) is 11.6 Å². The molecule has 1 saturated heterocycles. The summed E-state index contributed by atoms with van der Waals surface area (Å²) in [5.74, 6) is -0.729. The van der Waals surface area contributed by atoms with Gasteiger partial charge in [-0.25, -0.2) is 8.78 Å². The molecular formula is C22H28F2N2O2. The average Bonchev–Trinajstić information content (AvgIpc) is 2.69. The molecule has 4 nitrogen and oxygen atoms in total. The molecule has 0 spiro atoms. The highest BCUT2D eigenvalue weighted by molar-refractivity contribution is 5.33. The van der Waals surface area contributed by atoms with Crippen molar-refractivity contribution >= 4 is 0 Å². The zero-order valence-electron chi connectivity index (χ0n) is 16.3. The number of hydrogen-bond donors (Lipinski definition) is 1. The van der Waals surface area contributed by atoms with Crippen LogP contribution in [0.2, 0.25) is 0 Å². The van der Waals surface area contributed by atoms with Crippen LogP contribution in [0.15, 0.2) is 42.5 Å². The van der Waals surface area contributed by atoms with E-state index in [-0.39, 0.29) is 12.6 Å². The first-order valence-electron chi connectivity index (χ1n) is 9.82. The summed E-state index contributed by atoms with van der Waals surface area (Å²) < 4.78 is 32.4. The van der Waals surface area contributed by atoms with Crippen molar-refractivity contribution in [3.8, 4) is 5.75 Å². The van der Waals surface area contributed by atoms with Crippen LogP contribution >= 0.6 is 0 Å². The lowest BCUT2D eigenvalue weighted by atomic mass is 10.1. The van der Waals surface area contributed by atoms with Crippen LogP contribution in [0, 0.1) is 11.6 Å². The van der Waals surface area contributed by atoms with E-state index >= 15 is 0 Å². The Kier molecular flexibility index (Phi) is 7.36. The number of benzene rings is 2. The van der Waals surface area contributed by atoms with Crippen molar-refractivity contribution in [3.63, 3.8) is 0 Å². The Labute approximate surface area is 165 Å². The first-order chi connectivity index (χ1) is 13.6. The molecule has 0 unspecified atom stereocenters. The highest BCUT2D eigenvalue weighted by atomic mass is 19.2. The number of para-hydroxylation sites is 1. The molecule has 2 aromatic carbocycles. The molecule has 0 radical (unpaired) electrons. The van der Waals surface area contributed by atoms with Crippen molar-refractivity contribution < 1.29 is 18.6 Å². The van der Waals surface area contributed by atoms with Crippen molar-refractivity contribution in [1.82, 2.24) is 9.80 Å². The van der Waals surface area contributed by atoms with Gasteiger partial charge in [0, 0.05) is 50.9 Å². The maximum atomic E-state index is 13.5. The van der Waals surface area contributed by atoms with Gasteiger partial charge in [-0.2, -0.15) is 0 Å². The van der Waals surface area contributed by atoms with E-state index in [2.05, 4.69) is 15.9 Å². The van der Waals surface area contributed by atoms with Gasteiger partial charge in [0.25, 0.3) is 0 Å². The van der Waals surface area contributed by atoms with E-state index in [9.17, 15) is 13.9 Å². The van der Waals surface area contributed by atoms with Crippen LogP contribution in [-0.2, 0) is 13.1 Å². The molecule has 152 valence electrons. The molecule has 1 aliphatic rings. The molecule has 1 fully saturated rings. The second-order valence-corrected chi connectivity index (χ2v) is 7.16. The Balaban J connectivity index is 1.66. The Morgan fingerprint density at radius 2 is 1.89 bits per heavy atom. The molecule has 1 aliphatic heterocycles. The third kappa shape index (κ3) is 5.28. The van der Waals surface area contributed by atoms with E-state index in [1.807, 2.05) is 25.1 Å². The predicted molar refractivity (Wildman–Crippen MR) is 105 cm³/mol. The average molecular weight is 390 g/mol. The molecule has 28 heavy (non-hydrogen) atoms. The smallest absolute Gasteiger partial charge is 0.159 e. The van der Waals surface area contributed by atoms with Crippen LogP contribution in [0.4, 0.5) is 8.78 Å². The van der Waals surface area contributed by atoms with Crippen LogP contribution in [0.3, 0.4) is 0 Å². The summed E-state index contributed by atoms with van der Waals surface area (Å²) in [7, 11) is 0. The molecule has 0 bridgehead atoms. The Bertz CT molecular complexity index is 772. The van der Waals surface area contributed by atoms with Gasteiger partial charge in [0.05, 0.1) is 6.61 Å². The first kappa shape index (κ1) is 20.7. The molecule has 1 heterocycles. The van der Waals surface area contributed by atoms with Crippen molar-refractivity contribution in [1.29, 1.82) is 0 Å². The van der Waals surface area contributed by atoms with E-state index in [0.29, 0.717) is 19.6 Å². The molecular weight excluding hydrogens is 362 g/mol. The van der Waals surface area contributed by atoms with Gasteiger partial charge in [0.1, 0.15) is 5.75 Å². The second kappa shape index (κ2) is 9.96. The summed E-state index contributed by atoms with van der Waals surface area (Å²) in [4.78, 5) is 4.60. The Hall–Kier alpha value is -2.02. The molecule has 1 atom stereocenters. The minimum absolute atomic E-state index is 0.118. The van der Waals surface area contributed by atoms with Gasteiger partial charge in [-0.15, -0.1) is 0 Å². The second-order valence-electron chi connectivity index (χ2n) is 7.16. The lowest BCUT2D eigenvalue weighted by Gasteiger charge is -2.41. The van der Waals surface area contributed by atoms with Gasteiger partial charge in [-0.3, -0.25) is 9.80 Å². The largest absolute Gasteiger partial charge is 0.494 e. The number of nitrogens with zero attached hydrogens (tertiary/aromatic N) is 2. The van der Waals surface area contributed by atoms with Crippen LogP contribution in [0.25, 0.3) is 0 Å². The quantitative estimate of drug-likeness (QED) is 0.749. The molecule has 0 aromatic heterocycles. The summed E-state index contributed by atoms with van der Waals surface area (Å²) in [5.41, 5.74) is 1.90. The third-order valence-corrected chi connectivity index (χ3v) is 5.19. The van der Waals surface area contributed by atoms with Crippen molar-refractivity contribution in [2.45, 2.75) is 32.5 Å². The number of piperazine rings is 1. The number of ether oxygens (including phenoxy) is 1. The fraction of sp³-hybridized carbons (Fsp3) is 0.455. The number of aliphatic hydroxyl groups is 1. The number of hydrogen-bond acceptors (Lipinski definition) is 4. The van der Waals surface area contributed by atoms with Crippen molar-refractivity contribution in [2.24, 2.45) is 0 Å². The van der Waals surface area contributed by atoms with Crippen LogP contribution in [-0.4, -0.2) is 53.8 Å². The molecule has 3 rings (SSSR count). The topological polar surface area (TPSA) is 35.9 Å². The van der Waals surface area contributed by atoms with E-state index in [0.717, 1.165) is 43.1 Å². The zero-order valence-corrected chi connectivity index (χ0v) is 16.3. The number of aliphatic hydroxyl groups excluding tert-OH is 1. The number of halogens is 2. The number of rotatable bonds is 8. The summed E-state index contributed by atoms with van der Waals surface area (Å²) >= 11 is 0. The van der Waals surface area contributed by atoms with E-state index in [1.54, 1.807) is 6.07 Å². The van der Waals surface area contributed by atoms with Crippen LogP contribution < -0.4 is 4.74 Å². The fourth-order valence-corrected chi connectivity index (χ4v) is 3.78. The minimum atomic E-state index is -0.820. The van der Waals surface area contributed by atoms with Gasteiger partial charge >= 0.3 is 0 Å². The normalized spacial score (nSPS) is 18.4. The molecule has 1 N–H and O–H groups in total. The maximum Gasteiger partial charge on any atom is 0.159 e. The third-order valence-electron chi connectivity index (χ3n) is 5.19. The SMILES string of the molecule is CCOc1ccccc1CN1CCN(Cc2ccc(F)c(F)c2)C[C@@H]1CCO. The standard InChI is InChI=1S/C22H28F2N2O2/c1-2-28-22-6-4-3-5-18(22)15-26-11-10-25(16-19(26)9-12-27)14-17-7-8-20(23)21(24)13-17/h3-8,13,19,27H,2,9-12,14-16H2,1H3/t19-/m0/s1. The zero-order chi connectivity index (χ0) is 19.9. The molecule has 0 amide bonds. The Morgan fingerprint density at radius 1 is 1.07 bits per heavy atom. The Morgan fingerprint density at radius 3 is 2.64 bits per heavy atom. The highest BCUT2D eigenvalue weighted by Gasteiger charge is 2.27. The highest BCUT2D eigenvalue weighted by Crippen LogP contribution is 2.24. The lowest BCUT2D eigenvalue weighted by Crippen LogP contribution is -2.52. The van der Waals surface area contributed by atoms with Gasteiger partial charge in [-0.1, -0.05) is 24.3 Å². The molecule has 2 aromatic rings. The summed E-state index contributed by atoms with van der Waals surface area (Å²) in [6.45, 7) is 6.50. The van der Waals surface area contributed by atoms with E-state index in [1.165, 1.54) is 12.1 Å². The monoisotopic (exact) mass is 390 g/mol. The van der Waals surface area contributed by atoms with E-state index < -0.39 is 11.6 Å². The summed E-state index contributed by atoms with van der Waals surface area (Å²) in [5, 5.41) is 9.52. The van der Waals surface area contributed by atoms with Gasteiger partial charge in [0.2, 0.25) is 0 Å².